The minimum absolute atomic E-state index is 0.172. The van der Waals surface area contributed by atoms with Gasteiger partial charge < -0.3 is 10.2 Å². The molecule has 0 heterocycles. The quantitative estimate of drug-likeness (QED) is 0.882. The van der Waals surface area contributed by atoms with Crippen molar-refractivity contribution in [1.29, 1.82) is 5.26 Å². The normalized spacial score (nSPS) is 11.2. The first-order valence-corrected chi connectivity index (χ1v) is 8.13. The Kier molecular flexibility index (Phi) is 6.30. The van der Waals surface area contributed by atoms with E-state index in [0.717, 1.165) is 11.1 Å². The molecular weight excluding hydrogens is 314 g/mol. The number of amides is 2. The number of nitriles is 1. The van der Waals surface area contributed by atoms with Crippen LogP contribution in [0.5, 0.6) is 0 Å². The highest BCUT2D eigenvalue weighted by Crippen LogP contribution is 2.17. The maximum absolute atomic E-state index is 12.9. The van der Waals surface area contributed by atoms with Crippen LogP contribution in [0.15, 0.2) is 54.6 Å². The van der Waals surface area contributed by atoms with Gasteiger partial charge in [0.15, 0.2) is 0 Å². The van der Waals surface area contributed by atoms with Gasteiger partial charge in [-0.3, -0.25) is 9.59 Å². The van der Waals surface area contributed by atoms with E-state index in [1.807, 2.05) is 42.5 Å². The molecular formula is C20H21N3O2. The Morgan fingerprint density at radius 2 is 1.76 bits per heavy atom. The molecule has 5 nitrogen and oxygen atoms in total. The van der Waals surface area contributed by atoms with Gasteiger partial charge in [-0.2, -0.15) is 5.26 Å². The molecule has 0 saturated carbocycles. The Morgan fingerprint density at radius 1 is 1.12 bits per heavy atom. The molecule has 0 aliphatic carbocycles. The summed E-state index contributed by atoms with van der Waals surface area (Å²) < 4.78 is 0. The standard InChI is InChI=1S/C20H21N3O2/c1-3-18(24)22-19(17-7-5-4-6-8-17)20(25)23(2)14-16-11-9-15(13-21)10-12-16/h4-12,19H,3,14H2,1-2H3,(H,22,24)/t19-/m1/s1. The zero-order valence-electron chi connectivity index (χ0n) is 14.4. The van der Waals surface area contributed by atoms with Crippen LogP contribution >= 0.6 is 0 Å². The molecule has 2 aromatic rings. The predicted octanol–water partition coefficient (Wildman–Crippen LogP) is 2.78. The lowest BCUT2D eigenvalue weighted by Crippen LogP contribution is -2.40. The number of carbonyl (C=O) groups excluding carboxylic acids is 2. The first kappa shape index (κ1) is 18.2. The highest BCUT2D eigenvalue weighted by molar-refractivity contribution is 5.88. The molecule has 0 aliphatic heterocycles. The van der Waals surface area contributed by atoms with E-state index in [1.54, 1.807) is 31.0 Å². The fourth-order valence-electron chi connectivity index (χ4n) is 2.45. The van der Waals surface area contributed by atoms with Gasteiger partial charge in [0, 0.05) is 20.0 Å². The maximum atomic E-state index is 12.9. The summed E-state index contributed by atoms with van der Waals surface area (Å²) in [6, 6.07) is 17.7. The third kappa shape index (κ3) is 4.92. The Balaban J connectivity index is 2.16. The average molecular weight is 335 g/mol. The molecule has 25 heavy (non-hydrogen) atoms. The van der Waals surface area contributed by atoms with E-state index in [0.29, 0.717) is 18.5 Å². The summed E-state index contributed by atoms with van der Waals surface area (Å²) in [5.41, 5.74) is 2.25. The zero-order chi connectivity index (χ0) is 18.2. The van der Waals surface area contributed by atoms with E-state index in [-0.39, 0.29) is 11.8 Å². The Morgan fingerprint density at radius 3 is 2.32 bits per heavy atom. The van der Waals surface area contributed by atoms with E-state index in [2.05, 4.69) is 11.4 Å². The van der Waals surface area contributed by atoms with Crippen LogP contribution < -0.4 is 5.32 Å². The molecule has 0 radical (unpaired) electrons. The minimum atomic E-state index is -0.711. The van der Waals surface area contributed by atoms with Gasteiger partial charge in [0.25, 0.3) is 0 Å². The van der Waals surface area contributed by atoms with Gasteiger partial charge in [-0.25, -0.2) is 0 Å². The van der Waals surface area contributed by atoms with E-state index in [4.69, 9.17) is 5.26 Å². The summed E-state index contributed by atoms with van der Waals surface area (Å²) in [6.45, 7) is 2.15. The molecule has 0 spiro atoms. The van der Waals surface area contributed by atoms with Crippen molar-refractivity contribution in [2.75, 3.05) is 7.05 Å². The molecule has 5 heteroatoms. The Bertz CT molecular complexity index is 764. The summed E-state index contributed by atoms with van der Waals surface area (Å²) in [6.07, 6.45) is 0.315. The molecule has 0 fully saturated rings. The highest BCUT2D eigenvalue weighted by atomic mass is 16.2. The molecule has 2 aromatic carbocycles. The van der Waals surface area contributed by atoms with E-state index < -0.39 is 6.04 Å². The SMILES string of the molecule is CCC(=O)N[C@@H](C(=O)N(C)Cc1ccc(C#N)cc1)c1ccccc1. The summed E-state index contributed by atoms with van der Waals surface area (Å²) in [4.78, 5) is 26.3. The average Bonchev–Trinajstić information content (AvgIpc) is 2.66. The number of hydrogen-bond acceptors (Lipinski definition) is 3. The third-order valence-corrected chi connectivity index (χ3v) is 3.89. The van der Waals surface area contributed by atoms with Gasteiger partial charge in [-0.05, 0) is 23.3 Å². The molecule has 1 atom stereocenters. The highest BCUT2D eigenvalue weighted by Gasteiger charge is 2.25. The topological polar surface area (TPSA) is 73.2 Å². The molecule has 0 aromatic heterocycles. The van der Waals surface area contributed by atoms with Crippen molar-refractivity contribution in [3.05, 3.63) is 71.3 Å². The summed E-state index contributed by atoms with van der Waals surface area (Å²) in [7, 11) is 1.70. The van der Waals surface area contributed by atoms with E-state index >= 15 is 0 Å². The van der Waals surface area contributed by atoms with Crippen LogP contribution in [0.1, 0.15) is 36.1 Å². The van der Waals surface area contributed by atoms with Crippen LogP contribution in [0.2, 0.25) is 0 Å². The van der Waals surface area contributed by atoms with Crippen molar-refractivity contribution < 1.29 is 9.59 Å². The zero-order valence-corrected chi connectivity index (χ0v) is 14.4. The van der Waals surface area contributed by atoms with Crippen LogP contribution in [-0.4, -0.2) is 23.8 Å². The van der Waals surface area contributed by atoms with E-state index in [9.17, 15) is 9.59 Å². The lowest BCUT2D eigenvalue weighted by atomic mass is 10.0. The van der Waals surface area contributed by atoms with Crippen LogP contribution in [0.25, 0.3) is 0 Å². The second-order valence-corrected chi connectivity index (χ2v) is 5.77. The van der Waals surface area contributed by atoms with Gasteiger partial charge in [-0.1, -0.05) is 49.4 Å². The Labute approximate surface area is 147 Å². The molecule has 0 aliphatic rings. The van der Waals surface area contributed by atoms with Crippen molar-refractivity contribution in [3.63, 3.8) is 0 Å². The van der Waals surface area contributed by atoms with Crippen LogP contribution in [0.4, 0.5) is 0 Å². The molecule has 2 amide bonds. The van der Waals surface area contributed by atoms with Crippen LogP contribution in [0, 0.1) is 11.3 Å². The lowest BCUT2D eigenvalue weighted by molar-refractivity contribution is -0.136. The van der Waals surface area contributed by atoms with Gasteiger partial charge in [0.1, 0.15) is 6.04 Å². The lowest BCUT2D eigenvalue weighted by Gasteiger charge is -2.25. The number of likely N-dealkylation sites (N-methyl/N-ethyl adjacent to an activating group) is 1. The van der Waals surface area contributed by atoms with Gasteiger partial charge in [0.05, 0.1) is 11.6 Å². The fraction of sp³-hybridized carbons (Fsp3) is 0.250. The predicted molar refractivity (Wildman–Crippen MR) is 95.2 cm³/mol. The van der Waals surface area contributed by atoms with E-state index in [1.165, 1.54) is 0 Å². The number of rotatable bonds is 6. The number of carbonyl (C=O) groups is 2. The molecule has 1 N–H and O–H groups in total. The van der Waals surface area contributed by atoms with Crippen molar-refractivity contribution in [3.8, 4) is 6.07 Å². The monoisotopic (exact) mass is 335 g/mol. The maximum Gasteiger partial charge on any atom is 0.249 e. The number of nitrogens with zero attached hydrogens (tertiary/aromatic N) is 2. The largest absolute Gasteiger partial charge is 0.341 e. The third-order valence-electron chi connectivity index (χ3n) is 3.89. The van der Waals surface area contributed by atoms with Crippen molar-refractivity contribution >= 4 is 11.8 Å². The summed E-state index contributed by atoms with van der Waals surface area (Å²) in [5.74, 6) is -0.355. The number of benzene rings is 2. The Hall–Kier alpha value is -3.13. The molecule has 0 saturated heterocycles. The van der Waals surface area contributed by atoms with Crippen LogP contribution in [0.3, 0.4) is 0 Å². The van der Waals surface area contributed by atoms with Gasteiger partial charge >= 0.3 is 0 Å². The first-order chi connectivity index (χ1) is 12.0. The smallest absolute Gasteiger partial charge is 0.249 e. The second kappa shape index (κ2) is 8.65. The van der Waals surface area contributed by atoms with Crippen molar-refractivity contribution in [1.82, 2.24) is 10.2 Å². The fourth-order valence-corrected chi connectivity index (χ4v) is 2.45. The minimum Gasteiger partial charge on any atom is -0.341 e. The molecule has 128 valence electrons. The summed E-state index contributed by atoms with van der Waals surface area (Å²) >= 11 is 0. The molecule has 0 bridgehead atoms. The number of nitrogens with one attached hydrogen (secondary N) is 1. The van der Waals surface area contributed by atoms with Crippen molar-refractivity contribution in [2.24, 2.45) is 0 Å². The summed E-state index contributed by atoms with van der Waals surface area (Å²) in [5, 5.41) is 11.6. The molecule has 0 unspecified atom stereocenters. The first-order valence-electron chi connectivity index (χ1n) is 8.13. The van der Waals surface area contributed by atoms with Crippen molar-refractivity contribution in [2.45, 2.75) is 25.9 Å². The number of hydrogen-bond donors (Lipinski definition) is 1. The molecule has 2 rings (SSSR count). The van der Waals surface area contributed by atoms with Gasteiger partial charge in [-0.15, -0.1) is 0 Å². The van der Waals surface area contributed by atoms with Gasteiger partial charge in [0.2, 0.25) is 11.8 Å². The second-order valence-electron chi connectivity index (χ2n) is 5.77. The van der Waals surface area contributed by atoms with Crippen LogP contribution in [-0.2, 0) is 16.1 Å².